The van der Waals surface area contributed by atoms with E-state index in [4.69, 9.17) is 5.73 Å². The van der Waals surface area contributed by atoms with Crippen LogP contribution in [0.4, 0.5) is 0 Å². The molecule has 1 aromatic carbocycles. The lowest BCUT2D eigenvalue weighted by Crippen LogP contribution is -2.32. The Labute approximate surface area is 135 Å². The highest BCUT2D eigenvalue weighted by Gasteiger charge is 2.30. The molecule has 0 radical (unpaired) electrons. The fourth-order valence-corrected chi connectivity index (χ4v) is 3.22. The third kappa shape index (κ3) is 3.21. The summed E-state index contributed by atoms with van der Waals surface area (Å²) in [5, 5.41) is 0. The minimum atomic E-state index is -0.355. The van der Waals surface area contributed by atoms with Crippen molar-refractivity contribution in [3.05, 3.63) is 35.4 Å². The summed E-state index contributed by atoms with van der Waals surface area (Å²) in [4.78, 5) is 39.4. The summed E-state index contributed by atoms with van der Waals surface area (Å²) >= 11 is 0. The average Bonchev–Trinajstić information content (AvgIpc) is 3.25. The highest BCUT2D eigenvalue weighted by molar-refractivity contribution is 5.98. The summed E-state index contributed by atoms with van der Waals surface area (Å²) in [6.45, 7) is 2.53. The number of rotatable bonds is 3. The Hall–Kier alpha value is -2.37. The average molecular weight is 315 g/mol. The van der Waals surface area contributed by atoms with E-state index in [9.17, 15) is 14.4 Å². The van der Waals surface area contributed by atoms with Gasteiger partial charge in [0.2, 0.25) is 5.91 Å². The first-order chi connectivity index (χ1) is 11.1. The van der Waals surface area contributed by atoms with Gasteiger partial charge in [-0.2, -0.15) is 0 Å². The Morgan fingerprint density at radius 2 is 1.39 bits per heavy atom. The number of likely N-dealkylation sites (tertiary alicyclic amines) is 2. The molecule has 3 rings (SSSR count). The highest BCUT2D eigenvalue weighted by Crippen LogP contribution is 2.19. The first-order valence-electron chi connectivity index (χ1n) is 8.04. The highest BCUT2D eigenvalue weighted by atomic mass is 16.2. The van der Waals surface area contributed by atoms with Gasteiger partial charge in [-0.15, -0.1) is 0 Å². The van der Waals surface area contributed by atoms with E-state index in [0.29, 0.717) is 30.6 Å². The van der Waals surface area contributed by atoms with Gasteiger partial charge in [0, 0.05) is 37.3 Å². The summed E-state index contributed by atoms with van der Waals surface area (Å²) in [6, 6.07) is 6.78. The van der Waals surface area contributed by atoms with E-state index in [2.05, 4.69) is 0 Å². The maximum atomic E-state index is 12.4. The fourth-order valence-electron chi connectivity index (χ4n) is 3.22. The molecule has 0 bridgehead atoms. The van der Waals surface area contributed by atoms with Gasteiger partial charge in [-0.05, 0) is 43.5 Å². The predicted octanol–water partition coefficient (Wildman–Crippen LogP) is 0.870. The van der Waals surface area contributed by atoms with Gasteiger partial charge >= 0.3 is 0 Å². The van der Waals surface area contributed by atoms with Gasteiger partial charge in [0.15, 0.2) is 0 Å². The minimum absolute atomic E-state index is 0.0245. The molecule has 2 heterocycles. The number of hydrogen-bond donors (Lipinski definition) is 1. The number of amides is 3. The first kappa shape index (κ1) is 15.5. The normalized spacial score (nSPS) is 20.8. The molecular weight excluding hydrogens is 294 g/mol. The smallest absolute Gasteiger partial charge is 0.253 e. The van der Waals surface area contributed by atoms with Gasteiger partial charge in [-0.1, -0.05) is 0 Å². The van der Waals surface area contributed by atoms with E-state index in [1.807, 2.05) is 4.90 Å². The molecule has 2 fully saturated rings. The molecule has 0 saturated carbocycles. The largest absolute Gasteiger partial charge is 0.369 e. The molecule has 2 aliphatic rings. The van der Waals surface area contributed by atoms with Crippen molar-refractivity contribution >= 4 is 17.7 Å². The van der Waals surface area contributed by atoms with Crippen LogP contribution in [-0.2, 0) is 4.79 Å². The van der Waals surface area contributed by atoms with Crippen LogP contribution in [0, 0.1) is 5.92 Å². The van der Waals surface area contributed by atoms with E-state index in [-0.39, 0.29) is 23.6 Å². The molecule has 3 amide bonds. The lowest BCUT2D eigenvalue weighted by molar-refractivity contribution is -0.121. The van der Waals surface area contributed by atoms with Crippen LogP contribution in [0.3, 0.4) is 0 Å². The molecule has 0 aliphatic carbocycles. The Morgan fingerprint density at radius 1 is 0.870 bits per heavy atom. The molecule has 2 N–H and O–H groups in total. The van der Waals surface area contributed by atoms with Crippen LogP contribution in [0.5, 0.6) is 0 Å². The summed E-state index contributed by atoms with van der Waals surface area (Å²) in [7, 11) is 0. The molecule has 6 heteroatoms. The number of hydrogen-bond acceptors (Lipinski definition) is 3. The number of benzene rings is 1. The molecule has 1 unspecified atom stereocenters. The molecule has 0 aromatic heterocycles. The third-order valence-corrected chi connectivity index (χ3v) is 4.65. The zero-order valence-corrected chi connectivity index (χ0v) is 13.0. The van der Waals surface area contributed by atoms with Crippen molar-refractivity contribution in [2.45, 2.75) is 19.3 Å². The van der Waals surface area contributed by atoms with Crippen LogP contribution in [0.1, 0.15) is 40.0 Å². The molecule has 1 aromatic rings. The van der Waals surface area contributed by atoms with Gasteiger partial charge in [0.1, 0.15) is 0 Å². The zero-order valence-electron chi connectivity index (χ0n) is 13.0. The zero-order chi connectivity index (χ0) is 16.4. The third-order valence-electron chi connectivity index (χ3n) is 4.65. The lowest BCUT2D eigenvalue weighted by atomic mass is 10.1. The molecular formula is C17H21N3O3. The van der Waals surface area contributed by atoms with Crippen molar-refractivity contribution in [3.63, 3.8) is 0 Å². The van der Waals surface area contributed by atoms with E-state index >= 15 is 0 Å². The SMILES string of the molecule is NC(=O)C1CCN(C(=O)c2ccc(C(=O)N3CCCC3)cc2)C1. The van der Waals surface area contributed by atoms with Crippen LogP contribution in [0.2, 0.25) is 0 Å². The maximum absolute atomic E-state index is 12.4. The summed E-state index contributed by atoms with van der Waals surface area (Å²) in [5.41, 5.74) is 6.44. The van der Waals surface area contributed by atoms with Gasteiger partial charge in [-0.25, -0.2) is 0 Å². The second-order valence-electron chi connectivity index (χ2n) is 6.22. The predicted molar refractivity (Wildman–Crippen MR) is 84.8 cm³/mol. The summed E-state index contributed by atoms with van der Waals surface area (Å²) < 4.78 is 0. The van der Waals surface area contributed by atoms with Crippen LogP contribution in [-0.4, -0.2) is 53.7 Å². The van der Waals surface area contributed by atoms with Gasteiger partial charge < -0.3 is 15.5 Å². The van der Waals surface area contributed by atoms with E-state index in [1.54, 1.807) is 29.2 Å². The topological polar surface area (TPSA) is 83.7 Å². The number of primary amides is 1. The van der Waals surface area contributed by atoms with E-state index < -0.39 is 0 Å². The molecule has 2 saturated heterocycles. The van der Waals surface area contributed by atoms with Crippen LogP contribution < -0.4 is 5.73 Å². The van der Waals surface area contributed by atoms with Crippen LogP contribution in [0.15, 0.2) is 24.3 Å². The minimum Gasteiger partial charge on any atom is -0.369 e. The van der Waals surface area contributed by atoms with E-state index in [0.717, 1.165) is 25.9 Å². The van der Waals surface area contributed by atoms with Crippen LogP contribution in [0.25, 0.3) is 0 Å². The van der Waals surface area contributed by atoms with Crippen molar-refractivity contribution in [2.75, 3.05) is 26.2 Å². The number of nitrogens with zero attached hydrogens (tertiary/aromatic N) is 2. The standard InChI is InChI=1S/C17H21N3O3/c18-15(21)14-7-10-20(11-14)17(23)13-5-3-12(4-6-13)16(22)19-8-1-2-9-19/h3-6,14H,1-2,7-11H2,(H2,18,21). The molecule has 6 nitrogen and oxygen atoms in total. The maximum Gasteiger partial charge on any atom is 0.253 e. The number of carbonyl (C=O) groups is 3. The summed E-state index contributed by atoms with van der Waals surface area (Å²) in [5.74, 6) is -0.702. The molecule has 23 heavy (non-hydrogen) atoms. The van der Waals surface area contributed by atoms with E-state index in [1.165, 1.54) is 0 Å². The lowest BCUT2D eigenvalue weighted by Gasteiger charge is -2.17. The molecule has 0 spiro atoms. The molecule has 122 valence electrons. The second-order valence-corrected chi connectivity index (χ2v) is 6.22. The van der Waals surface area contributed by atoms with Crippen LogP contribution >= 0.6 is 0 Å². The van der Waals surface area contributed by atoms with Gasteiger partial charge in [0.05, 0.1) is 5.92 Å². The fraction of sp³-hybridized carbons (Fsp3) is 0.471. The monoisotopic (exact) mass is 315 g/mol. The Morgan fingerprint density at radius 3 is 1.87 bits per heavy atom. The quantitative estimate of drug-likeness (QED) is 0.898. The van der Waals surface area contributed by atoms with Crippen molar-refractivity contribution in [3.8, 4) is 0 Å². The molecule has 1 atom stereocenters. The number of nitrogens with two attached hydrogens (primary N) is 1. The van der Waals surface area contributed by atoms with Crippen molar-refractivity contribution in [1.29, 1.82) is 0 Å². The van der Waals surface area contributed by atoms with Crippen molar-refractivity contribution in [1.82, 2.24) is 9.80 Å². The Balaban J connectivity index is 1.66. The van der Waals surface area contributed by atoms with Gasteiger partial charge in [0.25, 0.3) is 11.8 Å². The first-order valence-corrected chi connectivity index (χ1v) is 8.04. The number of carbonyl (C=O) groups excluding carboxylic acids is 3. The summed E-state index contributed by atoms with van der Waals surface area (Å²) in [6.07, 6.45) is 2.73. The van der Waals surface area contributed by atoms with Gasteiger partial charge in [-0.3, -0.25) is 14.4 Å². The Bertz CT molecular complexity index is 620. The Kier molecular flexibility index (Phi) is 4.32. The van der Waals surface area contributed by atoms with Crippen molar-refractivity contribution in [2.24, 2.45) is 11.7 Å². The van der Waals surface area contributed by atoms with Crippen molar-refractivity contribution < 1.29 is 14.4 Å². The molecule has 2 aliphatic heterocycles. The second kappa shape index (κ2) is 6.40.